The van der Waals surface area contributed by atoms with E-state index >= 15 is 0 Å². The van der Waals surface area contributed by atoms with Crippen molar-refractivity contribution in [1.29, 1.82) is 0 Å². The topological polar surface area (TPSA) is 114 Å². The van der Waals surface area contributed by atoms with Gasteiger partial charge in [-0.3, -0.25) is 4.57 Å². The van der Waals surface area contributed by atoms with Crippen LogP contribution in [0.4, 0.5) is 4.39 Å². The first-order chi connectivity index (χ1) is 13.0. The summed E-state index contributed by atoms with van der Waals surface area (Å²) in [5.41, 5.74) is -0.224. The van der Waals surface area contributed by atoms with Crippen molar-refractivity contribution in [3.63, 3.8) is 0 Å². The molecule has 4 rings (SSSR count). The Hall–Kier alpha value is -2.90. The summed E-state index contributed by atoms with van der Waals surface area (Å²) in [6.07, 6.45) is 4.22. The van der Waals surface area contributed by atoms with E-state index in [0.29, 0.717) is 22.4 Å². The zero-order valence-corrected chi connectivity index (χ0v) is 13.9. The van der Waals surface area contributed by atoms with Crippen LogP contribution in [0.3, 0.4) is 0 Å². The zero-order chi connectivity index (χ0) is 19.2. The Morgan fingerprint density at radius 3 is 2.63 bits per heavy atom. The van der Waals surface area contributed by atoms with Gasteiger partial charge in [-0.2, -0.15) is 0 Å². The number of nitrogens with zero attached hydrogens (tertiary/aromatic N) is 4. The van der Waals surface area contributed by atoms with Crippen LogP contribution in [-0.2, 0) is 4.74 Å². The van der Waals surface area contributed by atoms with Gasteiger partial charge < -0.3 is 20.1 Å². The first-order valence-corrected chi connectivity index (χ1v) is 8.07. The van der Waals surface area contributed by atoms with E-state index in [2.05, 4.69) is 20.9 Å². The average Bonchev–Trinajstić information content (AvgIpc) is 3.22. The molecule has 8 nitrogen and oxygen atoms in total. The number of terminal acetylenes is 1. The van der Waals surface area contributed by atoms with E-state index in [1.54, 1.807) is 12.1 Å². The van der Waals surface area contributed by atoms with E-state index in [9.17, 15) is 19.7 Å². The molecule has 1 aliphatic heterocycles. The minimum Gasteiger partial charge on any atom is -0.394 e. The summed E-state index contributed by atoms with van der Waals surface area (Å²) in [5, 5.41) is 30.4. The Morgan fingerprint density at radius 1 is 1.26 bits per heavy atom. The van der Waals surface area contributed by atoms with Gasteiger partial charge in [-0.25, -0.2) is 19.3 Å². The SMILES string of the molecule is C#C[C@@]1(O)[C@@H](CO)O[C@@H](n2cnc3c(-c4ccc(F)cc4)ncnc32)[C@@H]1O. The highest BCUT2D eigenvalue weighted by atomic mass is 19.1. The van der Waals surface area contributed by atoms with Crippen molar-refractivity contribution < 1.29 is 24.4 Å². The Labute approximate surface area is 152 Å². The van der Waals surface area contributed by atoms with Crippen LogP contribution in [0.5, 0.6) is 0 Å². The number of benzene rings is 1. The first-order valence-electron chi connectivity index (χ1n) is 8.07. The van der Waals surface area contributed by atoms with E-state index in [-0.39, 0.29) is 5.82 Å². The van der Waals surface area contributed by atoms with Crippen molar-refractivity contribution in [3.05, 3.63) is 42.7 Å². The van der Waals surface area contributed by atoms with Gasteiger partial charge in [0.25, 0.3) is 0 Å². The highest BCUT2D eigenvalue weighted by Crippen LogP contribution is 2.38. The van der Waals surface area contributed by atoms with Crippen LogP contribution in [0.15, 0.2) is 36.9 Å². The monoisotopic (exact) mass is 370 g/mol. The van der Waals surface area contributed by atoms with Crippen molar-refractivity contribution in [1.82, 2.24) is 19.5 Å². The lowest BCUT2D eigenvalue weighted by molar-refractivity contribution is -0.0605. The molecule has 3 aromatic rings. The second kappa shape index (κ2) is 6.37. The maximum atomic E-state index is 13.2. The fourth-order valence-corrected chi connectivity index (χ4v) is 3.19. The molecule has 3 heterocycles. The molecule has 138 valence electrons. The first kappa shape index (κ1) is 17.5. The fourth-order valence-electron chi connectivity index (χ4n) is 3.19. The van der Waals surface area contributed by atoms with Crippen LogP contribution in [0, 0.1) is 18.2 Å². The van der Waals surface area contributed by atoms with Gasteiger partial charge >= 0.3 is 0 Å². The summed E-state index contributed by atoms with van der Waals surface area (Å²) >= 11 is 0. The second-order valence-electron chi connectivity index (χ2n) is 6.17. The molecule has 0 bridgehead atoms. The molecule has 1 fully saturated rings. The van der Waals surface area contributed by atoms with Crippen LogP contribution >= 0.6 is 0 Å². The molecular formula is C18H15FN4O4. The lowest BCUT2D eigenvalue weighted by Gasteiger charge is -2.23. The second-order valence-corrected chi connectivity index (χ2v) is 6.17. The number of hydrogen-bond acceptors (Lipinski definition) is 7. The highest BCUT2D eigenvalue weighted by Gasteiger charge is 2.55. The molecule has 1 saturated heterocycles. The van der Waals surface area contributed by atoms with Gasteiger partial charge in [-0.1, -0.05) is 5.92 Å². The number of aliphatic hydroxyl groups excluding tert-OH is 2. The molecule has 2 aromatic heterocycles. The van der Waals surface area contributed by atoms with Gasteiger partial charge in [0, 0.05) is 5.56 Å². The van der Waals surface area contributed by atoms with Gasteiger partial charge in [0.15, 0.2) is 17.5 Å². The van der Waals surface area contributed by atoms with Crippen molar-refractivity contribution in [2.45, 2.75) is 24.0 Å². The van der Waals surface area contributed by atoms with E-state index in [0.717, 1.165) is 0 Å². The minimum absolute atomic E-state index is 0.325. The van der Waals surface area contributed by atoms with Crippen molar-refractivity contribution in [2.24, 2.45) is 0 Å². The fraction of sp³-hybridized carbons (Fsp3) is 0.278. The third kappa shape index (κ3) is 2.58. The van der Waals surface area contributed by atoms with E-state index < -0.39 is 30.6 Å². The number of halogens is 1. The Kier molecular flexibility index (Phi) is 4.13. The zero-order valence-electron chi connectivity index (χ0n) is 13.9. The van der Waals surface area contributed by atoms with Crippen LogP contribution in [0.1, 0.15) is 6.23 Å². The lowest BCUT2D eigenvalue weighted by Crippen LogP contribution is -2.47. The van der Waals surface area contributed by atoms with Crippen LogP contribution in [-0.4, -0.2) is 59.3 Å². The van der Waals surface area contributed by atoms with Crippen molar-refractivity contribution in [3.8, 4) is 23.6 Å². The number of rotatable bonds is 3. The molecule has 1 aromatic carbocycles. The van der Waals surface area contributed by atoms with E-state index in [4.69, 9.17) is 11.2 Å². The summed E-state index contributed by atoms with van der Waals surface area (Å²) in [7, 11) is 0. The van der Waals surface area contributed by atoms with Gasteiger partial charge in [-0.05, 0) is 24.3 Å². The molecule has 0 radical (unpaired) electrons. The number of aliphatic hydroxyl groups is 3. The molecule has 0 aliphatic carbocycles. The van der Waals surface area contributed by atoms with Crippen LogP contribution < -0.4 is 0 Å². The van der Waals surface area contributed by atoms with E-state index in [1.165, 1.54) is 29.4 Å². The Bertz CT molecular complexity index is 1030. The van der Waals surface area contributed by atoms with Gasteiger partial charge in [0.1, 0.15) is 35.6 Å². The molecule has 4 atom stereocenters. The summed E-state index contributed by atoms with van der Waals surface area (Å²) in [6, 6.07) is 5.75. The highest BCUT2D eigenvalue weighted by molar-refractivity contribution is 5.87. The normalized spacial score (nSPS) is 27.7. The minimum atomic E-state index is -2.05. The number of aromatic nitrogens is 4. The Balaban J connectivity index is 1.80. The average molecular weight is 370 g/mol. The van der Waals surface area contributed by atoms with Crippen LogP contribution in [0.25, 0.3) is 22.4 Å². The summed E-state index contributed by atoms with van der Waals surface area (Å²) < 4.78 is 20.2. The molecular weight excluding hydrogens is 355 g/mol. The third-order valence-electron chi connectivity index (χ3n) is 4.66. The number of ether oxygens (including phenoxy) is 1. The van der Waals surface area contributed by atoms with E-state index in [1.807, 2.05) is 0 Å². The summed E-state index contributed by atoms with van der Waals surface area (Å²) in [5.74, 6) is 1.72. The quantitative estimate of drug-likeness (QED) is 0.566. The van der Waals surface area contributed by atoms with Gasteiger partial charge in [-0.15, -0.1) is 6.42 Å². The molecule has 0 unspecified atom stereocenters. The largest absolute Gasteiger partial charge is 0.394 e. The number of hydrogen-bond donors (Lipinski definition) is 3. The summed E-state index contributed by atoms with van der Waals surface area (Å²) in [6.45, 7) is -0.573. The molecule has 0 spiro atoms. The smallest absolute Gasteiger partial charge is 0.183 e. The van der Waals surface area contributed by atoms with Crippen molar-refractivity contribution >= 4 is 11.2 Å². The molecule has 9 heteroatoms. The number of fused-ring (bicyclic) bond motifs is 1. The molecule has 0 amide bonds. The third-order valence-corrected chi connectivity index (χ3v) is 4.66. The predicted octanol–water partition coefficient (Wildman–Crippen LogP) is 0.247. The molecule has 0 saturated carbocycles. The van der Waals surface area contributed by atoms with Gasteiger partial charge in [0.2, 0.25) is 0 Å². The van der Waals surface area contributed by atoms with Crippen molar-refractivity contribution in [2.75, 3.05) is 6.61 Å². The Morgan fingerprint density at radius 2 is 2.00 bits per heavy atom. The maximum Gasteiger partial charge on any atom is 0.183 e. The number of imidazole rings is 1. The predicted molar refractivity (Wildman–Crippen MR) is 91.5 cm³/mol. The molecule has 1 aliphatic rings. The standard InChI is InChI=1S/C18H15FN4O4/c1-2-18(26)12(7-24)27-17(15(18)25)23-9-22-14-13(20-8-21-16(14)23)10-3-5-11(19)6-4-10/h1,3-6,8-9,12,15,17,24-26H,7H2/t12-,15+,17-,18-/m1/s1. The summed E-state index contributed by atoms with van der Waals surface area (Å²) in [4.78, 5) is 12.7. The molecule has 3 N–H and O–H groups in total. The molecule has 27 heavy (non-hydrogen) atoms. The lowest BCUT2D eigenvalue weighted by atomic mass is 9.93. The maximum absolute atomic E-state index is 13.2. The van der Waals surface area contributed by atoms with Gasteiger partial charge in [0.05, 0.1) is 12.9 Å². The van der Waals surface area contributed by atoms with Crippen LogP contribution in [0.2, 0.25) is 0 Å².